The van der Waals surface area contributed by atoms with Gasteiger partial charge >= 0.3 is 0 Å². The average molecular weight is 405 g/mol. The predicted molar refractivity (Wildman–Crippen MR) is 87.0 cm³/mol. The van der Waals surface area contributed by atoms with E-state index in [0.29, 0.717) is 27.8 Å². The standard InChI is InChI=1S/C15H13ClF4N6O/c1-2-25-6-7(16)10(23-25)5-21-15(27)9-4-12-22-8(13(17)18)3-11(14(19)20)26(12)24-9/h3-4,6,13-14H,2,5H2,1H3,(H,21,27). The van der Waals surface area contributed by atoms with E-state index in [4.69, 9.17) is 11.6 Å². The fourth-order valence-corrected chi connectivity index (χ4v) is 2.59. The van der Waals surface area contributed by atoms with E-state index in [9.17, 15) is 22.4 Å². The van der Waals surface area contributed by atoms with Crippen LogP contribution in [0.15, 0.2) is 18.3 Å². The Labute approximate surface area is 154 Å². The number of fused-ring (bicyclic) bond motifs is 1. The quantitative estimate of drug-likeness (QED) is 0.639. The molecule has 1 amide bonds. The van der Waals surface area contributed by atoms with Crippen molar-refractivity contribution in [2.24, 2.45) is 0 Å². The van der Waals surface area contributed by atoms with Crippen molar-refractivity contribution in [1.29, 1.82) is 0 Å². The highest BCUT2D eigenvalue weighted by Crippen LogP contribution is 2.25. The van der Waals surface area contributed by atoms with Crippen molar-refractivity contribution in [2.75, 3.05) is 0 Å². The van der Waals surface area contributed by atoms with Gasteiger partial charge in [0.2, 0.25) is 0 Å². The van der Waals surface area contributed by atoms with E-state index in [2.05, 4.69) is 20.5 Å². The van der Waals surface area contributed by atoms with Gasteiger partial charge in [0.15, 0.2) is 11.3 Å². The fourth-order valence-electron chi connectivity index (χ4n) is 2.37. The molecule has 1 N–H and O–H groups in total. The third-order valence-corrected chi connectivity index (χ3v) is 4.00. The van der Waals surface area contributed by atoms with Crippen molar-refractivity contribution in [3.05, 3.63) is 46.1 Å². The Morgan fingerprint density at radius 2 is 1.96 bits per heavy atom. The summed E-state index contributed by atoms with van der Waals surface area (Å²) in [4.78, 5) is 15.8. The maximum atomic E-state index is 13.1. The van der Waals surface area contributed by atoms with Gasteiger partial charge in [0.1, 0.15) is 17.1 Å². The molecule has 0 saturated heterocycles. The molecule has 0 atom stereocenters. The van der Waals surface area contributed by atoms with Gasteiger partial charge < -0.3 is 5.32 Å². The summed E-state index contributed by atoms with van der Waals surface area (Å²) in [6.45, 7) is 2.44. The number of rotatable bonds is 6. The summed E-state index contributed by atoms with van der Waals surface area (Å²) in [5.74, 6) is -0.707. The molecule has 3 aromatic rings. The number of aromatic nitrogens is 5. The second-order valence-corrected chi connectivity index (χ2v) is 5.88. The second kappa shape index (κ2) is 7.51. The van der Waals surface area contributed by atoms with E-state index >= 15 is 0 Å². The number of hydrogen-bond acceptors (Lipinski definition) is 4. The van der Waals surface area contributed by atoms with Gasteiger partial charge in [-0.3, -0.25) is 9.48 Å². The first-order valence-electron chi connectivity index (χ1n) is 7.77. The lowest BCUT2D eigenvalue weighted by Gasteiger charge is -2.06. The van der Waals surface area contributed by atoms with Crippen LogP contribution >= 0.6 is 11.6 Å². The highest BCUT2D eigenvalue weighted by molar-refractivity contribution is 6.31. The molecule has 3 aromatic heterocycles. The van der Waals surface area contributed by atoms with E-state index in [1.807, 2.05) is 6.92 Å². The van der Waals surface area contributed by atoms with Gasteiger partial charge in [-0.05, 0) is 13.0 Å². The maximum Gasteiger partial charge on any atom is 0.280 e. The second-order valence-electron chi connectivity index (χ2n) is 5.47. The summed E-state index contributed by atoms with van der Waals surface area (Å²) < 4.78 is 54.2. The molecule has 3 rings (SSSR count). The van der Waals surface area contributed by atoms with Gasteiger partial charge in [-0.1, -0.05) is 11.6 Å². The van der Waals surface area contributed by atoms with Crippen molar-refractivity contribution in [1.82, 2.24) is 29.7 Å². The molecular weight excluding hydrogens is 392 g/mol. The van der Waals surface area contributed by atoms with E-state index in [1.165, 1.54) is 0 Å². The molecule has 0 unspecified atom stereocenters. The van der Waals surface area contributed by atoms with Crippen molar-refractivity contribution in [2.45, 2.75) is 32.9 Å². The molecule has 0 spiro atoms. The normalized spacial score (nSPS) is 11.7. The van der Waals surface area contributed by atoms with Crippen LogP contribution in [0.1, 0.15) is 47.3 Å². The molecule has 0 aliphatic heterocycles. The minimum Gasteiger partial charge on any atom is -0.345 e. The molecule has 0 saturated carbocycles. The first kappa shape index (κ1) is 19.1. The number of carbonyl (C=O) groups is 1. The Bertz CT molecular complexity index is 986. The van der Waals surface area contributed by atoms with Crippen molar-refractivity contribution >= 4 is 23.2 Å². The lowest BCUT2D eigenvalue weighted by atomic mass is 10.3. The average Bonchev–Trinajstić information content (AvgIpc) is 3.21. The molecule has 0 aliphatic rings. The highest BCUT2D eigenvalue weighted by atomic mass is 35.5. The molecular formula is C15H13ClF4N6O. The number of nitrogens with zero attached hydrogens (tertiary/aromatic N) is 5. The monoisotopic (exact) mass is 404 g/mol. The third kappa shape index (κ3) is 3.87. The summed E-state index contributed by atoms with van der Waals surface area (Å²) >= 11 is 6.00. The Morgan fingerprint density at radius 3 is 2.56 bits per heavy atom. The Kier molecular flexibility index (Phi) is 5.31. The van der Waals surface area contributed by atoms with Crippen LogP contribution in [0.5, 0.6) is 0 Å². The molecule has 0 bridgehead atoms. The van der Waals surface area contributed by atoms with Crippen molar-refractivity contribution in [3.63, 3.8) is 0 Å². The van der Waals surface area contributed by atoms with Crippen LogP contribution in [-0.2, 0) is 13.1 Å². The Balaban J connectivity index is 1.86. The predicted octanol–water partition coefficient (Wildman–Crippen LogP) is 3.40. The Hall–Kier alpha value is -2.69. The number of hydrogen-bond donors (Lipinski definition) is 1. The lowest BCUT2D eigenvalue weighted by molar-refractivity contribution is 0.0944. The SMILES string of the molecule is CCn1cc(Cl)c(CNC(=O)c2cc3nc(C(F)F)cc(C(F)F)n3n2)n1. The molecule has 0 radical (unpaired) electrons. The first-order valence-corrected chi connectivity index (χ1v) is 8.14. The number of halogens is 5. The smallest absolute Gasteiger partial charge is 0.280 e. The number of carbonyl (C=O) groups excluding carboxylic acids is 1. The van der Waals surface area contributed by atoms with Gasteiger partial charge in [-0.25, -0.2) is 27.1 Å². The summed E-state index contributed by atoms with van der Waals surface area (Å²) in [5, 5.41) is 10.8. The summed E-state index contributed by atoms with van der Waals surface area (Å²) in [6, 6.07) is 1.62. The van der Waals surface area contributed by atoms with Gasteiger partial charge in [-0.2, -0.15) is 10.2 Å². The van der Waals surface area contributed by atoms with Crippen LogP contribution in [-0.4, -0.2) is 30.3 Å². The number of alkyl halides is 4. The van der Waals surface area contributed by atoms with Gasteiger partial charge in [0, 0.05) is 18.8 Å². The largest absolute Gasteiger partial charge is 0.345 e. The number of aryl methyl sites for hydroxylation is 1. The van der Waals surface area contributed by atoms with E-state index in [1.54, 1.807) is 10.9 Å². The first-order chi connectivity index (χ1) is 12.8. The molecule has 144 valence electrons. The molecule has 0 fully saturated rings. The van der Waals surface area contributed by atoms with Crippen LogP contribution < -0.4 is 5.32 Å². The van der Waals surface area contributed by atoms with Crippen LogP contribution in [0.4, 0.5) is 17.6 Å². The van der Waals surface area contributed by atoms with Crippen LogP contribution in [0.3, 0.4) is 0 Å². The zero-order valence-electron chi connectivity index (χ0n) is 13.8. The lowest BCUT2D eigenvalue weighted by Crippen LogP contribution is -2.23. The maximum absolute atomic E-state index is 13.1. The number of nitrogens with one attached hydrogen (secondary N) is 1. The van der Waals surface area contributed by atoms with Crippen molar-refractivity contribution < 1.29 is 22.4 Å². The minimum absolute atomic E-state index is 0.0179. The van der Waals surface area contributed by atoms with Crippen molar-refractivity contribution in [3.8, 4) is 0 Å². The zero-order valence-corrected chi connectivity index (χ0v) is 14.6. The topological polar surface area (TPSA) is 77.1 Å². The third-order valence-electron chi connectivity index (χ3n) is 3.68. The molecule has 3 heterocycles. The van der Waals surface area contributed by atoms with Crippen LogP contribution in [0.25, 0.3) is 5.65 Å². The van der Waals surface area contributed by atoms with E-state index in [0.717, 1.165) is 6.07 Å². The fraction of sp³-hybridized carbons (Fsp3) is 0.333. The highest BCUT2D eigenvalue weighted by Gasteiger charge is 2.22. The van der Waals surface area contributed by atoms with E-state index < -0.39 is 30.1 Å². The molecule has 12 heteroatoms. The number of amides is 1. The van der Waals surface area contributed by atoms with Gasteiger partial charge in [0.05, 0.1) is 11.6 Å². The molecule has 7 nitrogen and oxygen atoms in total. The molecule has 0 aromatic carbocycles. The van der Waals surface area contributed by atoms with Crippen LogP contribution in [0, 0.1) is 0 Å². The minimum atomic E-state index is -3.07. The Morgan fingerprint density at radius 1 is 1.22 bits per heavy atom. The summed E-state index contributed by atoms with van der Waals surface area (Å²) in [6.07, 6.45) is -4.50. The molecule has 0 aliphatic carbocycles. The molecule has 27 heavy (non-hydrogen) atoms. The van der Waals surface area contributed by atoms with Crippen LogP contribution in [0.2, 0.25) is 5.02 Å². The van der Waals surface area contributed by atoms with E-state index in [-0.39, 0.29) is 17.9 Å². The zero-order chi connectivity index (χ0) is 19.7. The summed E-state index contributed by atoms with van der Waals surface area (Å²) in [5.41, 5.74) is -1.70. The summed E-state index contributed by atoms with van der Waals surface area (Å²) in [7, 11) is 0. The van der Waals surface area contributed by atoms with Gasteiger partial charge in [0.25, 0.3) is 18.8 Å². The van der Waals surface area contributed by atoms with Gasteiger partial charge in [-0.15, -0.1) is 0 Å².